The fraction of sp³-hybridized carbons (Fsp3) is 0.583. The van der Waals surface area contributed by atoms with Crippen LogP contribution in [0.25, 0.3) is 5.41 Å². The van der Waals surface area contributed by atoms with E-state index in [-0.39, 0.29) is 5.70 Å². The third-order valence-electron chi connectivity index (χ3n) is 3.86. The molecule has 2 rings (SSSR count). The van der Waals surface area contributed by atoms with Crippen LogP contribution in [0.4, 0.5) is 0 Å². The van der Waals surface area contributed by atoms with E-state index in [1.807, 2.05) is 12.9 Å². The van der Waals surface area contributed by atoms with E-state index in [1.165, 1.54) is 0 Å². The van der Waals surface area contributed by atoms with Gasteiger partial charge in [0, 0.05) is 5.41 Å². The van der Waals surface area contributed by atoms with E-state index >= 15 is 0 Å². The lowest BCUT2D eigenvalue weighted by Gasteiger charge is -2.46. The second-order valence-corrected chi connectivity index (χ2v) is 5.23. The van der Waals surface area contributed by atoms with Gasteiger partial charge in [-0.1, -0.05) is 12.2 Å². The minimum atomic E-state index is -0.782. The number of allylic oxidation sites excluding steroid dienone is 1. The summed E-state index contributed by atoms with van der Waals surface area (Å²) in [5.41, 5.74) is -0.490. The van der Waals surface area contributed by atoms with Gasteiger partial charge >= 0.3 is 0 Å². The molecule has 2 aliphatic rings. The Hall–Kier alpha value is -1.54. The Morgan fingerprint density at radius 3 is 2.67 bits per heavy atom. The van der Waals surface area contributed by atoms with Gasteiger partial charge in [0.25, 0.3) is 0 Å². The highest BCUT2D eigenvalue weighted by molar-refractivity contribution is 7.81. The first-order valence-electron chi connectivity index (χ1n) is 5.76. The van der Waals surface area contributed by atoms with Crippen molar-refractivity contribution in [2.75, 3.05) is 20.1 Å². The Morgan fingerprint density at radius 1 is 1.56 bits per heavy atom. The van der Waals surface area contributed by atoms with Gasteiger partial charge in [-0.2, -0.15) is 5.26 Å². The maximum absolute atomic E-state index is 11.9. The van der Waals surface area contributed by atoms with Crippen LogP contribution >= 0.6 is 12.2 Å². The molecule has 0 aromatic carbocycles. The van der Waals surface area contributed by atoms with Crippen LogP contribution in [0.2, 0.25) is 0 Å². The van der Waals surface area contributed by atoms with Gasteiger partial charge in [-0.15, -0.1) is 0 Å². The summed E-state index contributed by atoms with van der Waals surface area (Å²) in [5.74, 6) is 0.754. The van der Waals surface area contributed by atoms with Crippen molar-refractivity contribution in [1.29, 1.82) is 5.26 Å². The van der Waals surface area contributed by atoms with Crippen LogP contribution in [-0.4, -0.2) is 41.7 Å². The summed E-state index contributed by atoms with van der Waals surface area (Å²) < 4.78 is 0. The van der Waals surface area contributed by atoms with Crippen LogP contribution in [0.15, 0.2) is 5.70 Å². The summed E-state index contributed by atoms with van der Waals surface area (Å²) in [7, 11) is 2.00. The number of nitrogens with one attached hydrogen (secondary N) is 1. The molecule has 0 aliphatic carbocycles. The number of nitriles is 1. The molecule has 2 saturated heterocycles. The maximum atomic E-state index is 11.9. The van der Waals surface area contributed by atoms with E-state index in [2.05, 4.69) is 16.3 Å². The molecule has 2 fully saturated rings. The fourth-order valence-corrected chi connectivity index (χ4v) is 3.10. The first-order valence-corrected chi connectivity index (χ1v) is 6.17. The summed E-state index contributed by atoms with van der Waals surface area (Å²) >= 11 is 5.35. The summed E-state index contributed by atoms with van der Waals surface area (Å²) in [6.45, 7) is 1.56. The minimum absolute atomic E-state index is 0.144. The smallest absolute Gasteiger partial charge is 0.243 e. The van der Waals surface area contributed by atoms with Gasteiger partial charge < -0.3 is 15.6 Å². The largest absolute Gasteiger partial charge is 0.762 e. The number of thiocarbonyl (C=S) groups is 1. The number of amides is 1. The molecule has 1 N–H and O–H groups in total. The number of carbonyl (C=O) groups is 1. The van der Waals surface area contributed by atoms with Crippen molar-refractivity contribution in [3.63, 3.8) is 0 Å². The lowest BCUT2D eigenvalue weighted by molar-refractivity contribution is -0.126. The van der Waals surface area contributed by atoms with Gasteiger partial charge in [0.15, 0.2) is 0 Å². The lowest BCUT2D eigenvalue weighted by Crippen LogP contribution is -2.57. The van der Waals surface area contributed by atoms with Crippen LogP contribution in [0.5, 0.6) is 0 Å². The molecule has 0 aromatic rings. The molecule has 2 aliphatic heterocycles. The highest BCUT2D eigenvalue weighted by atomic mass is 32.1. The third-order valence-corrected chi connectivity index (χ3v) is 4.47. The molecule has 6 heteroatoms. The predicted molar refractivity (Wildman–Crippen MR) is 70.9 cm³/mol. The van der Waals surface area contributed by atoms with Gasteiger partial charge in [0.05, 0.1) is 16.6 Å². The number of hydrogen-bond acceptors (Lipinski definition) is 4. The minimum Gasteiger partial charge on any atom is -0.762 e. The molecule has 5 nitrogen and oxygen atoms in total. The quantitative estimate of drug-likeness (QED) is 0.390. The zero-order chi connectivity index (χ0) is 13.3. The molecule has 18 heavy (non-hydrogen) atoms. The first kappa shape index (κ1) is 12.9. The van der Waals surface area contributed by atoms with Crippen molar-refractivity contribution < 1.29 is 4.79 Å². The van der Waals surface area contributed by atoms with Gasteiger partial charge in [0.2, 0.25) is 5.91 Å². The molecule has 1 unspecified atom stereocenters. The molecule has 1 spiro atoms. The van der Waals surface area contributed by atoms with Crippen molar-refractivity contribution in [3.8, 4) is 6.07 Å². The highest BCUT2D eigenvalue weighted by Crippen LogP contribution is 2.44. The topological polar surface area (TPSA) is 78.4 Å². The number of likely N-dealkylation sites (tertiary alicyclic amines) is 1. The number of piperidine rings is 2. The molecule has 0 saturated carbocycles. The summed E-state index contributed by atoms with van der Waals surface area (Å²) in [6.07, 6.45) is 1.30. The predicted octanol–water partition coefficient (Wildman–Crippen LogP) is 0.461. The lowest BCUT2D eigenvalue weighted by atomic mass is 9.64. The molecule has 1 atom stereocenters. The van der Waals surface area contributed by atoms with E-state index in [9.17, 15) is 10.1 Å². The van der Waals surface area contributed by atoms with Crippen LogP contribution in [0.3, 0.4) is 0 Å². The number of hydrogen-bond donors (Lipinski definition) is 1. The SMILES string of the molecule is CN1CCC2(CC1)C(=S)C(=C=[N-])NC(=O)C2C#N. The summed E-state index contributed by atoms with van der Waals surface area (Å²) in [6, 6.07) is 2.06. The van der Waals surface area contributed by atoms with E-state index < -0.39 is 17.2 Å². The Bertz CT molecular complexity index is 493. The number of carbonyl (C=O) groups excluding carboxylic acids is 1. The van der Waals surface area contributed by atoms with E-state index in [0.717, 1.165) is 13.1 Å². The Morgan fingerprint density at radius 2 is 2.17 bits per heavy atom. The van der Waals surface area contributed by atoms with E-state index in [4.69, 9.17) is 17.6 Å². The van der Waals surface area contributed by atoms with E-state index in [0.29, 0.717) is 17.7 Å². The average molecular weight is 261 g/mol. The zero-order valence-corrected chi connectivity index (χ0v) is 10.9. The zero-order valence-electron chi connectivity index (χ0n) is 10.1. The van der Waals surface area contributed by atoms with Crippen molar-refractivity contribution in [2.24, 2.45) is 11.3 Å². The first-order chi connectivity index (χ1) is 8.55. The molecule has 94 valence electrons. The normalized spacial score (nSPS) is 27.6. The highest BCUT2D eigenvalue weighted by Gasteiger charge is 2.52. The van der Waals surface area contributed by atoms with E-state index in [1.54, 1.807) is 0 Å². The molecule has 1 amide bonds. The van der Waals surface area contributed by atoms with Crippen molar-refractivity contribution in [3.05, 3.63) is 11.1 Å². The molecule has 0 aromatic heterocycles. The third kappa shape index (κ3) is 1.77. The monoisotopic (exact) mass is 261 g/mol. The van der Waals surface area contributed by atoms with Crippen LogP contribution < -0.4 is 5.32 Å². The second-order valence-electron chi connectivity index (χ2n) is 4.83. The van der Waals surface area contributed by atoms with Gasteiger partial charge in [-0.25, -0.2) is 5.87 Å². The van der Waals surface area contributed by atoms with Crippen molar-refractivity contribution >= 4 is 28.9 Å². The number of rotatable bonds is 0. The van der Waals surface area contributed by atoms with Gasteiger partial charge in [-0.05, 0) is 33.0 Å². The summed E-state index contributed by atoms with van der Waals surface area (Å²) in [5, 5.41) is 20.7. The van der Waals surface area contributed by atoms with Crippen molar-refractivity contribution in [1.82, 2.24) is 10.2 Å². The average Bonchev–Trinajstić information content (AvgIpc) is 2.37. The Kier molecular flexibility index (Phi) is 3.31. The van der Waals surface area contributed by atoms with Gasteiger partial charge in [-0.3, -0.25) is 4.79 Å². The Labute approximate surface area is 111 Å². The fourth-order valence-electron chi connectivity index (χ4n) is 2.68. The molecular formula is C12H13N4OS-. The van der Waals surface area contributed by atoms with Crippen LogP contribution in [0, 0.1) is 22.7 Å². The number of nitrogens with zero attached hydrogens (tertiary/aromatic N) is 3. The molecular weight excluding hydrogens is 248 g/mol. The van der Waals surface area contributed by atoms with Crippen LogP contribution in [0.1, 0.15) is 12.8 Å². The van der Waals surface area contributed by atoms with Crippen molar-refractivity contribution in [2.45, 2.75) is 12.8 Å². The molecule has 2 heterocycles. The molecule has 0 radical (unpaired) electrons. The second kappa shape index (κ2) is 4.62. The Balaban J connectivity index is 2.45. The van der Waals surface area contributed by atoms with Gasteiger partial charge in [0.1, 0.15) is 5.92 Å². The molecule has 0 bridgehead atoms. The maximum Gasteiger partial charge on any atom is 0.243 e. The standard InChI is InChI=1S/C12H13N4OS/c1-16-4-2-12(3-5-16)8(6-13)11(17)15-9(7-14)10(12)18/h8H,2-5H2,1H3,(H,15,17)/q-1. The van der Waals surface area contributed by atoms with Crippen LogP contribution in [-0.2, 0) is 4.79 Å². The summed E-state index contributed by atoms with van der Waals surface area (Å²) in [4.78, 5) is 14.5.